The van der Waals surface area contributed by atoms with Crippen LogP contribution in [0.5, 0.6) is 0 Å². The number of hydrogen-bond donors (Lipinski definition) is 1. The van der Waals surface area contributed by atoms with Crippen molar-refractivity contribution >= 4 is 34.5 Å². The van der Waals surface area contributed by atoms with Crippen molar-refractivity contribution in [2.75, 3.05) is 0 Å². The van der Waals surface area contributed by atoms with Gasteiger partial charge in [-0.3, -0.25) is 0 Å². The van der Waals surface area contributed by atoms with Crippen LogP contribution in [0.3, 0.4) is 0 Å². The first kappa shape index (κ1) is 11.9. The van der Waals surface area contributed by atoms with E-state index in [0.29, 0.717) is 20.5 Å². The van der Waals surface area contributed by atoms with Gasteiger partial charge in [-0.15, -0.1) is 11.3 Å². The third-order valence-electron chi connectivity index (χ3n) is 2.11. The number of halogens is 3. The standard InChI is InChI=1S/C11H7Cl2FOS/c12-6-3-10(16-5-6)11(15)8-4-7(14)1-2-9(8)13/h1-5,11,15H. The largest absolute Gasteiger partial charge is 0.383 e. The first-order chi connectivity index (χ1) is 7.58. The van der Waals surface area contributed by atoms with Gasteiger partial charge in [-0.05, 0) is 24.3 Å². The maximum atomic E-state index is 13.0. The Kier molecular flexibility index (Phi) is 3.50. The van der Waals surface area contributed by atoms with E-state index in [9.17, 15) is 9.50 Å². The van der Waals surface area contributed by atoms with Gasteiger partial charge in [0.2, 0.25) is 0 Å². The van der Waals surface area contributed by atoms with Gasteiger partial charge in [0.1, 0.15) is 11.9 Å². The summed E-state index contributed by atoms with van der Waals surface area (Å²) < 4.78 is 13.0. The fraction of sp³-hybridized carbons (Fsp3) is 0.0909. The molecule has 0 aliphatic heterocycles. The first-order valence-corrected chi connectivity index (χ1v) is 6.08. The highest BCUT2D eigenvalue weighted by Crippen LogP contribution is 2.33. The van der Waals surface area contributed by atoms with Crippen LogP contribution in [0.25, 0.3) is 0 Å². The average molecular weight is 277 g/mol. The van der Waals surface area contributed by atoms with Crippen molar-refractivity contribution < 1.29 is 9.50 Å². The number of rotatable bonds is 2. The van der Waals surface area contributed by atoms with Crippen LogP contribution in [-0.2, 0) is 0 Å². The quantitative estimate of drug-likeness (QED) is 0.868. The maximum Gasteiger partial charge on any atom is 0.123 e. The van der Waals surface area contributed by atoms with Crippen molar-refractivity contribution in [2.24, 2.45) is 0 Å². The van der Waals surface area contributed by atoms with Gasteiger partial charge in [-0.25, -0.2) is 4.39 Å². The highest BCUT2D eigenvalue weighted by atomic mass is 35.5. The maximum absolute atomic E-state index is 13.0. The molecule has 84 valence electrons. The van der Waals surface area contributed by atoms with Crippen LogP contribution in [0.1, 0.15) is 16.5 Å². The Labute approximate surface area is 106 Å². The van der Waals surface area contributed by atoms with Crippen LogP contribution >= 0.6 is 34.5 Å². The van der Waals surface area contributed by atoms with Crippen molar-refractivity contribution in [2.45, 2.75) is 6.10 Å². The van der Waals surface area contributed by atoms with E-state index in [1.54, 1.807) is 11.4 Å². The SMILES string of the molecule is OC(c1cc(Cl)cs1)c1cc(F)ccc1Cl. The summed E-state index contributed by atoms with van der Waals surface area (Å²) in [6.45, 7) is 0. The molecule has 0 fully saturated rings. The molecule has 0 aliphatic carbocycles. The van der Waals surface area contributed by atoms with E-state index >= 15 is 0 Å². The van der Waals surface area contributed by atoms with Crippen molar-refractivity contribution in [1.82, 2.24) is 0 Å². The summed E-state index contributed by atoms with van der Waals surface area (Å²) in [4.78, 5) is 0.637. The summed E-state index contributed by atoms with van der Waals surface area (Å²) in [5.41, 5.74) is 0.347. The van der Waals surface area contributed by atoms with Crippen LogP contribution in [0.4, 0.5) is 4.39 Å². The van der Waals surface area contributed by atoms with E-state index in [0.717, 1.165) is 0 Å². The van der Waals surface area contributed by atoms with E-state index in [1.165, 1.54) is 29.5 Å². The Balaban J connectivity index is 2.40. The van der Waals surface area contributed by atoms with E-state index in [2.05, 4.69) is 0 Å². The van der Waals surface area contributed by atoms with E-state index in [1.807, 2.05) is 0 Å². The minimum atomic E-state index is -0.944. The second-order valence-electron chi connectivity index (χ2n) is 3.24. The summed E-state index contributed by atoms with van der Waals surface area (Å²) >= 11 is 13.0. The molecule has 1 unspecified atom stereocenters. The van der Waals surface area contributed by atoms with E-state index in [-0.39, 0.29) is 0 Å². The molecular weight excluding hydrogens is 270 g/mol. The molecule has 0 radical (unpaired) electrons. The third kappa shape index (κ3) is 2.38. The van der Waals surface area contributed by atoms with Gasteiger partial charge in [-0.2, -0.15) is 0 Å². The zero-order chi connectivity index (χ0) is 11.7. The molecule has 1 heterocycles. The topological polar surface area (TPSA) is 20.2 Å². The van der Waals surface area contributed by atoms with Gasteiger partial charge < -0.3 is 5.11 Å². The molecule has 1 N–H and O–H groups in total. The minimum absolute atomic E-state index is 0.332. The third-order valence-corrected chi connectivity index (χ3v) is 3.79. The molecule has 0 bridgehead atoms. The Bertz CT molecular complexity index is 512. The number of hydrogen-bond acceptors (Lipinski definition) is 2. The normalized spacial score (nSPS) is 12.8. The van der Waals surface area contributed by atoms with Crippen molar-refractivity contribution in [3.63, 3.8) is 0 Å². The van der Waals surface area contributed by atoms with Crippen molar-refractivity contribution in [3.8, 4) is 0 Å². The monoisotopic (exact) mass is 276 g/mol. The number of thiophene rings is 1. The van der Waals surface area contributed by atoms with Crippen molar-refractivity contribution in [3.05, 3.63) is 55.9 Å². The van der Waals surface area contributed by atoms with Gasteiger partial charge >= 0.3 is 0 Å². The molecule has 1 atom stereocenters. The Morgan fingerprint density at radius 2 is 2.00 bits per heavy atom. The van der Waals surface area contributed by atoms with Gasteiger partial charge in [0.25, 0.3) is 0 Å². The Hall–Kier alpha value is -0.610. The average Bonchev–Trinajstić information content (AvgIpc) is 2.67. The van der Waals surface area contributed by atoms with E-state index < -0.39 is 11.9 Å². The highest BCUT2D eigenvalue weighted by molar-refractivity contribution is 7.10. The lowest BCUT2D eigenvalue weighted by Gasteiger charge is -2.10. The number of benzene rings is 1. The van der Waals surface area contributed by atoms with Crippen LogP contribution in [0.15, 0.2) is 29.6 Å². The lowest BCUT2D eigenvalue weighted by molar-refractivity contribution is 0.224. The lowest BCUT2D eigenvalue weighted by Crippen LogP contribution is -1.98. The van der Waals surface area contributed by atoms with Crippen LogP contribution in [-0.4, -0.2) is 5.11 Å². The summed E-state index contributed by atoms with van der Waals surface area (Å²) in [5, 5.41) is 12.6. The summed E-state index contributed by atoms with van der Waals surface area (Å²) in [7, 11) is 0. The highest BCUT2D eigenvalue weighted by Gasteiger charge is 2.16. The zero-order valence-corrected chi connectivity index (χ0v) is 10.3. The van der Waals surface area contributed by atoms with Crippen LogP contribution < -0.4 is 0 Å². The van der Waals surface area contributed by atoms with Gasteiger partial charge in [-0.1, -0.05) is 23.2 Å². The predicted molar refractivity (Wildman–Crippen MR) is 64.8 cm³/mol. The van der Waals surface area contributed by atoms with Crippen LogP contribution in [0, 0.1) is 5.82 Å². The zero-order valence-electron chi connectivity index (χ0n) is 7.95. The molecule has 2 rings (SSSR count). The van der Waals surface area contributed by atoms with Crippen LogP contribution in [0.2, 0.25) is 10.0 Å². The smallest absolute Gasteiger partial charge is 0.123 e. The predicted octanol–water partition coefficient (Wildman–Crippen LogP) is 4.28. The van der Waals surface area contributed by atoms with Gasteiger partial charge in [0.05, 0.1) is 5.02 Å². The first-order valence-electron chi connectivity index (χ1n) is 4.45. The molecular formula is C11H7Cl2FOS. The Morgan fingerprint density at radius 1 is 1.25 bits per heavy atom. The molecule has 0 saturated heterocycles. The van der Waals surface area contributed by atoms with E-state index in [4.69, 9.17) is 23.2 Å². The minimum Gasteiger partial charge on any atom is -0.383 e. The molecule has 0 amide bonds. The Morgan fingerprint density at radius 3 is 2.62 bits per heavy atom. The molecule has 1 nitrogen and oxygen atoms in total. The van der Waals surface area contributed by atoms with Gasteiger partial charge in [0, 0.05) is 20.8 Å². The second kappa shape index (κ2) is 4.72. The molecule has 16 heavy (non-hydrogen) atoms. The molecule has 0 spiro atoms. The second-order valence-corrected chi connectivity index (χ2v) is 5.02. The number of aliphatic hydroxyl groups excluding tert-OH is 1. The molecule has 1 aromatic carbocycles. The summed E-state index contributed by atoms with van der Waals surface area (Å²) in [6, 6.07) is 5.53. The summed E-state index contributed by atoms with van der Waals surface area (Å²) in [5.74, 6) is -0.430. The fourth-order valence-corrected chi connectivity index (χ4v) is 2.65. The molecule has 1 aromatic heterocycles. The lowest BCUT2D eigenvalue weighted by atomic mass is 10.1. The molecule has 0 aliphatic rings. The molecule has 2 aromatic rings. The number of aliphatic hydroxyl groups is 1. The van der Waals surface area contributed by atoms with Crippen molar-refractivity contribution in [1.29, 1.82) is 0 Å². The molecule has 5 heteroatoms. The van der Waals surface area contributed by atoms with Gasteiger partial charge in [0.15, 0.2) is 0 Å². The molecule has 0 saturated carbocycles. The summed E-state index contributed by atoms with van der Waals surface area (Å²) in [6.07, 6.45) is -0.944. The fourth-order valence-electron chi connectivity index (χ4n) is 1.35.